The molecule has 258 valence electrons. The van der Waals surface area contributed by atoms with E-state index in [1.54, 1.807) is 34.6 Å². The van der Waals surface area contributed by atoms with Crippen LogP contribution in [0.5, 0.6) is 5.75 Å². The second kappa shape index (κ2) is 14.3. The van der Waals surface area contributed by atoms with Gasteiger partial charge >= 0.3 is 24.3 Å². The second-order valence-corrected chi connectivity index (χ2v) is 13.4. The fourth-order valence-corrected chi connectivity index (χ4v) is 6.29. The lowest BCUT2D eigenvalue weighted by Crippen LogP contribution is -2.60. The molecule has 0 bridgehead atoms. The van der Waals surface area contributed by atoms with E-state index in [0.29, 0.717) is 12.0 Å². The molecule has 3 aromatic carbocycles. The predicted octanol–water partition coefficient (Wildman–Crippen LogP) is 7.32. The zero-order valence-electron chi connectivity index (χ0n) is 27.5. The standard InChI is InChI=1S/C36H41F3N2O7/c1-33(2,3)48-31(43)40-27(20-24-12-8-6-9-13-24)21-29-35(22-25-14-10-7-11-15-25,41(32(44)45)34(4,5)47-29)23-26-16-18-28(19-17-26)46-30(42)36(37,38)39/h6-19,27,29H,20-23H2,1-5H3,(H,40,43)(H,44,45)/t27-,29-,35-/m0/s1. The largest absolute Gasteiger partial charge is 0.491 e. The van der Waals surface area contributed by atoms with E-state index in [0.717, 1.165) is 11.1 Å². The number of alkyl carbamates (subject to hydrolysis) is 1. The van der Waals surface area contributed by atoms with Crippen molar-refractivity contribution in [3.8, 4) is 5.75 Å². The van der Waals surface area contributed by atoms with E-state index in [-0.39, 0.29) is 25.0 Å². The van der Waals surface area contributed by atoms with Crippen molar-refractivity contribution in [3.05, 3.63) is 102 Å². The van der Waals surface area contributed by atoms with E-state index in [1.807, 2.05) is 60.7 Å². The number of alkyl halides is 3. The maximum absolute atomic E-state index is 13.1. The van der Waals surface area contributed by atoms with Gasteiger partial charge in [0.1, 0.15) is 17.1 Å². The molecule has 0 unspecified atom stereocenters. The van der Waals surface area contributed by atoms with Gasteiger partial charge in [-0.15, -0.1) is 0 Å². The Morgan fingerprint density at radius 3 is 1.90 bits per heavy atom. The Balaban J connectivity index is 1.77. The number of nitrogens with one attached hydrogen (secondary N) is 1. The van der Waals surface area contributed by atoms with E-state index in [2.05, 4.69) is 10.1 Å². The molecule has 0 spiro atoms. The zero-order valence-corrected chi connectivity index (χ0v) is 27.5. The van der Waals surface area contributed by atoms with Crippen LogP contribution >= 0.6 is 0 Å². The Hall–Kier alpha value is -4.58. The Kier molecular flexibility index (Phi) is 10.8. The molecule has 3 atom stereocenters. The third-order valence-electron chi connectivity index (χ3n) is 7.98. The summed E-state index contributed by atoms with van der Waals surface area (Å²) >= 11 is 0. The van der Waals surface area contributed by atoms with Gasteiger partial charge in [0.15, 0.2) is 0 Å². The molecule has 9 nitrogen and oxygen atoms in total. The van der Waals surface area contributed by atoms with Gasteiger partial charge in [-0.2, -0.15) is 13.2 Å². The minimum atomic E-state index is -5.16. The number of ether oxygens (including phenoxy) is 3. The lowest BCUT2D eigenvalue weighted by molar-refractivity contribution is -0.189. The first-order valence-electron chi connectivity index (χ1n) is 15.5. The van der Waals surface area contributed by atoms with Crippen molar-refractivity contribution in [1.29, 1.82) is 0 Å². The van der Waals surface area contributed by atoms with Gasteiger partial charge in [-0.1, -0.05) is 72.8 Å². The third-order valence-corrected chi connectivity index (χ3v) is 7.98. The maximum Gasteiger partial charge on any atom is 0.491 e. The molecular weight excluding hydrogens is 629 g/mol. The Bertz CT molecular complexity index is 1560. The van der Waals surface area contributed by atoms with Crippen LogP contribution in [0.2, 0.25) is 0 Å². The van der Waals surface area contributed by atoms with Gasteiger partial charge in [-0.25, -0.2) is 14.4 Å². The van der Waals surface area contributed by atoms with Crippen LogP contribution in [0, 0.1) is 0 Å². The van der Waals surface area contributed by atoms with Crippen molar-refractivity contribution in [1.82, 2.24) is 10.2 Å². The van der Waals surface area contributed by atoms with Crippen molar-refractivity contribution in [2.45, 2.75) is 95.5 Å². The van der Waals surface area contributed by atoms with Crippen molar-refractivity contribution in [2.75, 3.05) is 0 Å². The van der Waals surface area contributed by atoms with Gasteiger partial charge in [0.2, 0.25) is 0 Å². The molecule has 1 fully saturated rings. The van der Waals surface area contributed by atoms with Crippen LogP contribution in [0.25, 0.3) is 0 Å². The van der Waals surface area contributed by atoms with Gasteiger partial charge in [-0.05, 0) is 89.1 Å². The lowest BCUT2D eigenvalue weighted by atomic mass is 9.76. The second-order valence-electron chi connectivity index (χ2n) is 13.4. The van der Waals surface area contributed by atoms with Gasteiger partial charge in [-0.3, -0.25) is 4.90 Å². The molecule has 0 aromatic heterocycles. The molecule has 1 aliphatic rings. The summed E-state index contributed by atoms with van der Waals surface area (Å²) in [4.78, 5) is 38.9. The Morgan fingerprint density at radius 2 is 1.40 bits per heavy atom. The van der Waals surface area contributed by atoms with Gasteiger partial charge in [0.05, 0.1) is 11.6 Å². The smallest absolute Gasteiger partial charge is 0.465 e. The number of benzene rings is 3. The molecule has 12 heteroatoms. The van der Waals surface area contributed by atoms with E-state index in [1.165, 1.54) is 29.2 Å². The molecule has 2 N–H and O–H groups in total. The van der Waals surface area contributed by atoms with E-state index >= 15 is 0 Å². The number of nitrogens with zero attached hydrogens (tertiary/aromatic N) is 1. The van der Waals surface area contributed by atoms with Crippen LogP contribution in [0.4, 0.5) is 22.8 Å². The van der Waals surface area contributed by atoms with Crippen molar-refractivity contribution in [2.24, 2.45) is 0 Å². The van der Waals surface area contributed by atoms with Crippen LogP contribution in [-0.4, -0.2) is 63.3 Å². The van der Waals surface area contributed by atoms with Crippen LogP contribution in [0.1, 0.15) is 57.7 Å². The summed E-state index contributed by atoms with van der Waals surface area (Å²) in [6.07, 6.45) is -6.92. The number of carbonyl (C=O) groups is 3. The highest BCUT2D eigenvalue weighted by atomic mass is 19.4. The van der Waals surface area contributed by atoms with Gasteiger partial charge < -0.3 is 24.6 Å². The topological polar surface area (TPSA) is 114 Å². The number of esters is 1. The molecule has 1 heterocycles. The molecular formula is C36H41F3N2O7. The van der Waals surface area contributed by atoms with E-state index in [4.69, 9.17) is 9.47 Å². The fraction of sp³-hybridized carbons (Fsp3) is 0.417. The summed E-state index contributed by atoms with van der Waals surface area (Å²) in [5, 5.41) is 13.7. The summed E-state index contributed by atoms with van der Waals surface area (Å²) in [7, 11) is 0. The molecule has 1 saturated heterocycles. The van der Waals surface area contributed by atoms with Crippen LogP contribution in [-0.2, 0) is 33.5 Å². The first-order chi connectivity index (χ1) is 22.4. The minimum Gasteiger partial charge on any atom is -0.465 e. The highest BCUT2D eigenvalue weighted by Gasteiger charge is 2.60. The number of hydrogen-bond donors (Lipinski definition) is 2. The highest BCUT2D eigenvalue weighted by molar-refractivity contribution is 5.78. The van der Waals surface area contributed by atoms with E-state index in [9.17, 15) is 32.7 Å². The Labute approximate surface area is 278 Å². The lowest BCUT2D eigenvalue weighted by Gasteiger charge is -2.43. The normalized spacial score (nSPS) is 19.8. The van der Waals surface area contributed by atoms with Gasteiger partial charge in [0, 0.05) is 6.04 Å². The molecule has 0 radical (unpaired) electrons. The number of halogens is 3. The predicted molar refractivity (Wildman–Crippen MR) is 171 cm³/mol. The van der Waals surface area contributed by atoms with Crippen molar-refractivity contribution >= 4 is 18.2 Å². The fourth-order valence-electron chi connectivity index (χ4n) is 6.29. The first-order valence-corrected chi connectivity index (χ1v) is 15.5. The monoisotopic (exact) mass is 670 g/mol. The summed E-state index contributed by atoms with van der Waals surface area (Å²) in [5.41, 5.74) is -1.00. The number of carbonyl (C=O) groups excluding carboxylic acids is 2. The molecule has 1 aliphatic heterocycles. The zero-order chi connectivity index (χ0) is 35.3. The molecule has 0 aliphatic carbocycles. The van der Waals surface area contributed by atoms with Gasteiger partial charge in [0.25, 0.3) is 0 Å². The SMILES string of the molecule is CC(C)(C)OC(=O)N[C@@H](Cc1ccccc1)C[C@@H]1OC(C)(C)N(C(=O)O)[C@@]1(Cc1ccccc1)Cc1ccc(OC(=O)C(F)(F)F)cc1. The van der Waals surface area contributed by atoms with Crippen LogP contribution in [0.15, 0.2) is 84.9 Å². The molecule has 0 saturated carbocycles. The quantitative estimate of drug-likeness (QED) is 0.172. The molecule has 3 aromatic rings. The average Bonchev–Trinajstić information content (AvgIpc) is 3.18. The third kappa shape index (κ3) is 9.27. The summed E-state index contributed by atoms with van der Waals surface area (Å²) in [5.74, 6) is -2.65. The van der Waals surface area contributed by atoms with Crippen molar-refractivity contribution in [3.63, 3.8) is 0 Å². The number of rotatable bonds is 10. The molecule has 2 amide bonds. The average molecular weight is 671 g/mol. The molecule has 4 rings (SSSR count). The van der Waals surface area contributed by atoms with Crippen LogP contribution < -0.4 is 10.1 Å². The summed E-state index contributed by atoms with van der Waals surface area (Å²) in [6.45, 7) is 8.59. The number of hydrogen-bond acceptors (Lipinski definition) is 6. The maximum atomic E-state index is 13.1. The van der Waals surface area contributed by atoms with Crippen molar-refractivity contribution < 1.29 is 46.9 Å². The summed E-state index contributed by atoms with van der Waals surface area (Å²) < 4.78 is 55.0. The minimum absolute atomic E-state index is 0.0836. The molecule has 48 heavy (non-hydrogen) atoms. The Morgan fingerprint density at radius 1 is 0.875 bits per heavy atom. The number of amides is 2. The first kappa shape index (κ1) is 36.3. The number of carboxylic acid groups (broad SMARTS) is 1. The van der Waals surface area contributed by atoms with E-state index < -0.39 is 53.3 Å². The van der Waals surface area contributed by atoms with Crippen LogP contribution in [0.3, 0.4) is 0 Å². The highest BCUT2D eigenvalue weighted by Crippen LogP contribution is 2.46. The summed E-state index contributed by atoms with van der Waals surface area (Å²) in [6, 6.07) is 23.7.